The van der Waals surface area contributed by atoms with E-state index < -0.39 is 12.0 Å². The van der Waals surface area contributed by atoms with Crippen LogP contribution in [0.2, 0.25) is 0 Å². The molecular formula is C32H24N2O5S. The largest absolute Gasteiger partial charge is 0.463 e. The minimum atomic E-state index is -0.726. The first-order chi connectivity index (χ1) is 19.5. The molecule has 0 fully saturated rings. The average molecular weight is 549 g/mol. The number of fused-ring (bicyclic) bond motifs is 4. The van der Waals surface area contributed by atoms with Crippen LogP contribution in [-0.4, -0.2) is 23.9 Å². The van der Waals surface area contributed by atoms with Crippen molar-refractivity contribution >= 4 is 44.9 Å². The molecule has 0 radical (unpaired) electrons. The topological polar surface area (TPSA) is 79.1 Å². The quantitative estimate of drug-likeness (QED) is 0.237. The van der Waals surface area contributed by atoms with Crippen LogP contribution in [0.4, 0.5) is 0 Å². The van der Waals surface area contributed by atoms with Crippen LogP contribution in [0.15, 0.2) is 93.9 Å². The lowest BCUT2D eigenvalue weighted by Crippen LogP contribution is -2.39. The highest BCUT2D eigenvalue weighted by Crippen LogP contribution is 2.38. The van der Waals surface area contributed by atoms with E-state index in [2.05, 4.69) is 30.3 Å². The van der Waals surface area contributed by atoms with Gasteiger partial charge in [0.1, 0.15) is 0 Å². The maximum atomic E-state index is 14.2. The van der Waals surface area contributed by atoms with E-state index in [9.17, 15) is 9.59 Å². The Morgan fingerprint density at radius 2 is 1.73 bits per heavy atom. The molecular weight excluding hydrogens is 524 g/mol. The Hall–Kier alpha value is -4.69. The van der Waals surface area contributed by atoms with Crippen LogP contribution in [0.3, 0.4) is 0 Å². The Morgan fingerprint density at radius 1 is 1.02 bits per heavy atom. The monoisotopic (exact) mass is 548 g/mol. The molecule has 7 nitrogen and oxygen atoms in total. The summed E-state index contributed by atoms with van der Waals surface area (Å²) in [5.41, 5.74) is 2.31. The van der Waals surface area contributed by atoms with Crippen LogP contribution < -0.4 is 24.4 Å². The van der Waals surface area contributed by atoms with E-state index >= 15 is 0 Å². The zero-order chi connectivity index (χ0) is 27.4. The summed E-state index contributed by atoms with van der Waals surface area (Å²) in [5, 5.41) is 4.31. The minimum Gasteiger partial charge on any atom is -0.463 e. The first-order valence-electron chi connectivity index (χ1n) is 13.0. The molecule has 198 valence electrons. The molecule has 0 aliphatic carbocycles. The standard InChI is InChI=1S/C32H24N2O5S/c1-3-37-31(36)28-18(2)33-32-34(29(28)21-12-13-25-26(15-21)39-17-38-25)30(35)27(40-32)16-24-22-10-6-4-8-19(22)14-20-9-5-7-11-23(20)24/h4-16,29H,3,17H2,1-2H3/t29-/m1/s1. The summed E-state index contributed by atoms with van der Waals surface area (Å²) in [6.45, 7) is 3.87. The molecule has 3 heterocycles. The van der Waals surface area contributed by atoms with Crippen molar-refractivity contribution in [1.29, 1.82) is 0 Å². The summed E-state index contributed by atoms with van der Waals surface area (Å²) in [6.07, 6.45) is 1.95. The molecule has 0 amide bonds. The number of hydrogen-bond donors (Lipinski definition) is 0. The van der Waals surface area contributed by atoms with E-state index in [0.717, 1.165) is 27.1 Å². The van der Waals surface area contributed by atoms with Gasteiger partial charge in [-0.15, -0.1) is 0 Å². The second-order valence-corrected chi connectivity index (χ2v) is 10.7. The van der Waals surface area contributed by atoms with Gasteiger partial charge in [-0.2, -0.15) is 0 Å². The number of carbonyl (C=O) groups is 1. The normalized spacial score (nSPS) is 16.4. The summed E-state index contributed by atoms with van der Waals surface area (Å²) < 4.78 is 18.7. The first kappa shape index (κ1) is 24.4. The zero-order valence-electron chi connectivity index (χ0n) is 21.8. The fraction of sp³-hybridized carbons (Fsp3) is 0.156. The number of allylic oxidation sites excluding steroid dienone is 1. The zero-order valence-corrected chi connectivity index (χ0v) is 22.7. The Morgan fingerprint density at radius 3 is 2.45 bits per heavy atom. The van der Waals surface area contributed by atoms with Gasteiger partial charge in [0.15, 0.2) is 16.3 Å². The molecule has 0 spiro atoms. The van der Waals surface area contributed by atoms with E-state index in [0.29, 0.717) is 37.7 Å². The maximum absolute atomic E-state index is 14.2. The summed E-state index contributed by atoms with van der Waals surface area (Å²) in [4.78, 5) is 32.6. The Balaban J connectivity index is 1.49. The molecule has 0 bridgehead atoms. The third-order valence-corrected chi connectivity index (χ3v) is 8.30. The van der Waals surface area contributed by atoms with Crippen molar-refractivity contribution in [3.63, 3.8) is 0 Å². The molecule has 0 saturated heterocycles. The highest BCUT2D eigenvalue weighted by atomic mass is 32.1. The van der Waals surface area contributed by atoms with Crippen molar-refractivity contribution in [2.75, 3.05) is 13.4 Å². The van der Waals surface area contributed by atoms with Crippen LogP contribution >= 0.6 is 11.3 Å². The lowest BCUT2D eigenvalue weighted by atomic mass is 9.95. The number of thiazole rings is 1. The smallest absolute Gasteiger partial charge is 0.338 e. The number of benzene rings is 4. The highest BCUT2D eigenvalue weighted by molar-refractivity contribution is 7.07. The number of nitrogens with zero attached hydrogens (tertiary/aromatic N) is 2. The average Bonchev–Trinajstić information content (AvgIpc) is 3.55. The number of aromatic nitrogens is 1. The third kappa shape index (κ3) is 3.83. The molecule has 7 rings (SSSR count). The van der Waals surface area contributed by atoms with Crippen molar-refractivity contribution in [2.24, 2.45) is 4.99 Å². The van der Waals surface area contributed by atoms with Crippen LogP contribution in [0, 0.1) is 0 Å². The van der Waals surface area contributed by atoms with E-state index in [4.69, 9.17) is 19.2 Å². The Bertz CT molecular complexity index is 2020. The van der Waals surface area contributed by atoms with Gasteiger partial charge in [0.05, 0.1) is 28.5 Å². The Labute approximate surface area is 232 Å². The van der Waals surface area contributed by atoms with Crippen LogP contribution in [0.1, 0.15) is 31.0 Å². The van der Waals surface area contributed by atoms with Crippen molar-refractivity contribution < 1.29 is 19.0 Å². The van der Waals surface area contributed by atoms with Gasteiger partial charge in [0.2, 0.25) is 6.79 Å². The SMILES string of the molecule is CCOC(=O)C1=C(C)N=c2sc(=Cc3c4ccccc4cc4ccccc34)c(=O)n2[C@@H]1c1ccc2c(c1)OCO2. The number of hydrogen-bond acceptors (Lipinski definition) is 7. The van der Waals surface area contributed by atoms with Crippen molar-refractivity contribution in [3.05, 3.63) is 115 Å². The predicted molar refractivity (Wildman–Crippen MR) is 154 cm³/mol. The molecule has 2 aliphatic rings. The third-order valence-electron chi connectivity index (χ3n) is 7.32. The molecule has 0 unspecified atom stereocenters. The van der Waals surface area contributed by atoms with Gasteiger partial charge in [0.25, 0.3) is 5.56 Å². The van der Waals surface area contributed by atoms with Crippen molar-refractivity contribution in [1.82, 2.24) is 4.57 Å². The first-order valence-corrected chi connectivity index (χ1v) is 13.8. The van der Waals surface area contributed by atoms with Crippen molar-refractivity contribution in [2.45, 2.75) is 19.9 Å². The number of carbonyl (C=O) groups excluding carboxylic acids is 1. The van der Waals surface area contributed by atoms with E-state index in [1.54, 1.807) is 24.5 Å². The van der Waals surface area contributed by atoms with Gasteiger partial charge in [-0.25, -0.2) is 9.79 Å². The second kappa shape index (κ2) is 9.50. The summed E-state index contributed by atoms with van der Waals surface area (Å²) in [7, 11) is 0. The van der Waals surface area contributed by atoms with Gasteiger partial charge in [-0.3, -0.25) is 9.36 Å². The number of esters is 1. The van der Waals surface area contributed by atoms with Crippen LogP contribution in [0.25, 0.3) is 27.6 Å². The van der Waals surface area contributed by atoms with Crippen LogP contribution in [-0.2, 0) is 9.53 Å². The molecule has 2 aliphatic heterocycles. The van der Waals surface area contributed by atoms with E-state index in [1.807, 2.05) is 42.5 Å². The molecule has 1 aromatic heterocycles. The minimum absolute atomic E-state index is 0.125. The lowest BCUT2D eigenvalue weighted by molar-refractivity contribution is -0.139. The highest BCUT2D eigenvalue weighted by Gasteiger charge is 2.34. The van der Waals surface area contributed by atoms with Gasteiger partial charge < -0.3 is 14.2 Å². The van der Waals surface area contributed by atoms with Gasteiger partial charge in [-0.05, 0) is 70.8 Å². The Kier molecular flexibility index (Phi) is 5.78. The lowest BCUT2D eigenvalue weighted by Gasteiger charge is -2.24. The predicted octanol–water partition coefficient (Wildman–Crippen LogP) is 4.83. The summed E-state index contributed by atoms with van der Waals surface area (Å²) in [5.74, 6) is 0.692. The second-order valence-electron chi connectivity index (χ2n) is 9.65. The molecule has 4 aromatic carbocycles. The molecule has 8 heteroatoms. The van der Waals surface area contributed by atoms with Gasteiger partial charge in [0, 0.05) is 0 Å². The molecule has 0 N–H and O–H groups in total. The molecule has 40 heavy (non-hydrogen) atoms. The fourth-order valence-corrected chi connectivity index (χ4v) is 6.55. The summed E-state index contributed by atoms with van der Waals surface area (Å²) in [6, 6.07) is 23.3. The molecule has 0 saturated carbocycles. The fourth-order valence-electron chi connectivity index (χ4n) is 5.53. The summed E-state index contributed by atoms with van der Waals surface area (Å²) >= 11 is 1.31. The van der Waals surface area contributed by atoms with E-state index in [-0.39, 0.29) is 19.0 Å². The molecule has 5 aromatic rings. The number of rotatable bonds is 4. The van der Waals surface area contributed by atoms with E-state index in [1.165, 1.54) is 11.3 Å². The maximum Gasteiger partial charge on any atom is 0.338 e. The van der Waals surface area contributed by atoms with Gasteiger partial charge in [-0.1, -0.05) is 65.9 Å². The molecule has 1 atom stereocenters. The number of ether oxygens (including phenoxy) is 3. The van der Waals surface area contributed by atoms with Crippen molar-refractivity contribution in [3.8, 4) is 11.5 Å². The van der Waals surface area contributed by atoms with Crippen LogP contribution in [0.5, 0.6) is 11.5 Å². The van der Waals surface area contributed by atoms with Gasteiger partial charge >= 0.3 is 5.97 Å².